The van der Waals surface area contributed by atoms with Gasteiger partial charge in [0.2, 0.25) is 0 Å². The van der Waals surface area contributed by atoms with Crippen LogP contribution in [0, 0.1) is 6.92 Å². The number of nitrogens with one attached hydrogen (secondary N) is 1. The summed E-state index contributed by atoms with van der Waals surface area (Å²) >= 11 is 0. The minimum absolute atomic E-state index is 0.297. The van der Waals surface area contributed by atoms with Gasteiger partial charge in [-0.15, -0.1) is 13.2 Å². The number of β-amino-alcohol motifs (C(OH)–C–C–N with tert-alkyl or cyclic N) is 1. The topological polar surface area (TPSA) is 88.9 Å². The van der Waals surface area contributed by atoms with E-state index in [1.54, 1.807) is 35.2 Å². The van der Waals surface area contributed by atoms with Crippen LogP contribution < -0.4 is 14.8 Å². The van der Waals surface area contributed by atoms with E-state index in [1.165, 1.54) is 25.3 Å². The number of halogens is 3. The summed E-state index contributed by atoms with van der Waals surface area (Å²) in [4.78, 5) is 19.1. The number of hydrogen-bond donors (Lipinski definition) is 2. The number of imidazole rings is 1. The lowest BCUT2D eigenvalue weighted by Gasteiger charge is -2.36. The number of alkyl halides is 3. The molecule has 1 fully saturated rings. The van der Waals surface area contributed by atoms with Gasteiger partial charge in [0.25, 0.3) is 5.91 Å². The standard InChI is InChI=1S/C25H27F3N4O4/c1-16-11-32(15-29-16)22-7-6-18(9-23(22)35-2)24(34)30-19-10-20(33)14-31(13-19)12-17-4-3-5-21(8-17)36-25(26,27)28/h3-9,11,15,19-20,33H,10,12-14H2,1-2H3,(H,30,34). The number of amides is 1. The van der Waals surface area contributed by atoms with Gasteiger partial charge in [-0.05, 0) is 49.2 Å². The van der Waals surface area contributed by atoms with Crippen molar-refractivity contribution in [1.29, 1.82) is 0 Å². The molecule has 1 saturated heterocycles. The van der Waals surface area contributed by atoms with Crippen molar-refractivity contribution in [2.75, 3.05) is 20.2 Å². The van der Waals surface area contributed by atoms with Crippen LogP contribution in [0.2, 0.25) is 0 Å². The maximum Gasteiger partial charge on any atom is 0.573 e. The van der Waals surface area contributed by atoms with Crippen molar-refractivity contribution in [3.8, 4) is 17.2 Å². The molecular formula is C25H27F3N4O4. The Morgan fingerprint density at radius 3 is 2.72 bits per heavy atom. The second-order valence-corrected chi connectivity index (χ2v) is 8.76. The van der Waals surface area contributed by atoms with E-state index in [2.05, 4.69) is 15.0 Å². The smallest absolute Gasteiger partial charge is 0.495 e. The van der Waals surface area contributed by atoms with Gasteiger partial charge in [-0.25, -0.2) is 4.98 Å². The molecule has 2 unspecified atom stereocenters. The van der Waals surface area contributed by atoms with Crippen LogP contribution in [0.1, 0.15) is 28.0 Å². The monoisotopic (exact) mass is 504 g/mol. The van der Waals surface area contributed by atoms with Crippen molar-refractivity contribution in [2.45, 2.75) is 38.4 Å². The maximum atomic E-state index is 13.0. The molecular weight excluding hydrogens is 477 g/mol. The normalized spacial score (nSPS) is 18.6. The van der Waals surface area contributed by atoms with E-state index in [0.717, 1.165) is 11.4 Å². The summed E-state index contributed by atoms with van der Waals surface area (Å²) in [5.74, 6) is -0.113. The molecule has 8 nitrogen and oxygen atoms in total. The van der Waals surface area contributed by atoms with Gasteiger partial charge in [0.15, 0.2) is 0 Å². The molecule has 2 N–H and O–H groups in total. The molecule has 0 spiro atoms. The molecule has 11 heteroatoms. The summed E-state index contributed by atoms with van der Waals surface area (Å²) < 4.78 is 48.9. The third kappa shape index (κ3) is 6.55. The molecule has 192 valence electrons. The lowest BCUT2D eigenvalue weighted by Crippen LogP contribution is -2.52. The Balaban J connectivity index is 1.42. The first-order chi connectivity index (χ1) is 17.1. The van der Waals surface area contributed by atoms with Crippen molar-refractivity contribution < 1.29 is 32.5 Å². The zero-order chi connectivity index (χ0) is 25.9. The number of aliphatic hydroxyl groups excluding tert-OH is 1. The molecule has 0 bridgehead atoms. The number of benzene rings is 2. The Hall–Kier alpha value is -3.57. The Morgan fingerprint density at radius 2 is 2.03 bits per heavy atom. The van der Waals surface area contributed by atoms with Gasteiger partial charge >= 0.3 is 6.36 Å². The van der Waals surface area contributed by atoms with Crippen LogP contribution in [0.3, 0.4) is 0 Å². The summed E-state index contributed by atoms with van der Waals surface area (Å²) in [7, 11) is 1.52. The average Bonchev–Trinajstić information content (AvgIpc) is 3.23. The van der Waals surface area contributed by atoms with Gasteiger partial charge in [-0.1, -0.05) is 12.1 Å². The van der Waals surface area contributed by atoms with Crippen molar-refractivity contribution in [2.24, 2.45) is 0 Å². The Labute approximate surface area is 206 Å². The number of aryl methyl sites for hydroxylation is 1. The minimum atomic E-state index is -4.77. The van der Waals surface area contributed by atoms with E-state index in [-0.39, 0.29) is 17.7 Å². The highest BCUT2D eigenvalue weighted by Gasteiger charge is 2.31. The zero-order valence-corrected chi connectivity index (χ0v) is 19.8. The number of rotatable bonds is 7. The van der Waals surface area contributed by atoms with Gasteiger partial charge in [-0.2, -0.15) is 0 Å². The van der Waals surface area contributed by atoms with Gasteiger partial charge in [0.05, 0.1) is 30.9 Å². The van der Waals surface area contributed by atoms with Crippen LogP contribution in [0.5, 0.6) is 11.5 Å². The molecule has 0 saturated carbocycles. The number of carbonyl (C=O) groups excluding carboxylic acids is 1. The lowest BCUT2D eigenvalue weighted by atomic mass is 10.0. The van der Waals surface area contributed by atoms with E-state index >= 15 is 0 Å². The van der Waals surface area contributed by atoms with Crippen LogP contribution in [0.4, 0.5) is 13.2 Å². The molecule has 4 rings (SSSR count). The number of hydrogen-bond acceptors (Lipinski definition) is 6. The predicted molar refractivity (Wildman–Crippen MR) is 125 cm³/mol. The van der Waals surface area contributed by atoms with Gasteiger partial charge in [0.1, 0.15) is 11.5 Å². The first-order valence-corrected chi connectivity index (χ1v) is 11.3. The Morgan fingerprint density at radius 1 is 1.22 bits per heavy atom. The van der Waals surface area contributed by atoms with Crippen LogP contribution in [0.25, 0.3) is 5.69 Å². The molecule has 0 radical (unpaired) electrons. The zero-order valence-electron chi connectivity index (χ0n) is 19.8. The van der Waals surface area contributed by atoms with E-state index < -0.39 is 12.5 Å². The highest BCUT2D eigenvalue weighted by atomic mass is 19.4. The predicted octanol–water partition coefficient (Wildman–Crippen LogP) is 3.45. The molecule has 2 heterocycles. The molecule has 3 aromatic rings. The summed E-state index contributed by atoms with van der Waals surface area (Å²) in [5.41, 5.74) is 2.59. The van der Waals surface area contributed by atoms with Crippen LogP contribution in [-0.2, 0) is 6.54 Å². The Bertz CT molecular complexity index is 1210. The third-order valence-corrected chi connectivity index (χ3v) is 5.81. The number of methoxy groups -OCH3 is 1. The van der Waals surface area contributed by atoms with Crippen molar-refractivity contribution in [1.82, 2.24) is 19.8 Å². The fraction of sp³-hybridized carbons (Fsp3) is 0.360. The van der Waals surface area contributed by atoms with Gasteiger partial charge in [-0.3, -0.25) is 9.69 Å². The molecule has 1 aliphatic rings. The molecule has 36 heavy (non-hydrogen) atoms. The molecule has 0 aliphatic carbocycles. The maximum absolute atomic E-state index is 13.0. The number of carbonyl (C=O) groups is 1. The Kier molecular flexibility index (Phi) is 7.51. The number of nitrogens with zero attached hydrogens (tertiary/aromatic N) is 3. The van der Waals surface area contributed by atoms with E-state index in [9.17, 15) is 23.1 Å². The lowest BCUT2D eigenvalue weighted by molar-refractivity contribution is -0.274. The third-order valence-electron chi connectivity index (χ3n) is 5.81. The number of aliphatic hydroxyl groups is 1. The molecule has 2 atom stereocenters. The molecule has 1 amide bonds. The first kappa shape index (κ1) is 25.5. The largest absolute Gasteiger partial charge is 0.573 e. The number of aromatic nitrogens is 2. The van der Waals surface area contributed by atoms with Crippen LogP contribution >= 0.6 is 0 Å². The molecule has 1 aromatic heterocycles. The fourth-order valence-electron chi connectivity index (χ4n) is 4.35. The van der Waals surface area contributed by atoms with Crippen LogP contribution in [0.15, 0.2) is 55.0 Å². The van der Waals surface area contributed by atoms with Crippen molar-refractivity contribution in [3.63, 3.8) is 0 Å². The van der Waals surface area contributed by atoms with Gasteiger partial charge in [0, 0.05) is 37.4 Å². The van der Waals surface area contributed by atoms with Gasteiger partial charge < -0.3 is 24.5 Å². The summed E-state index contributed by atoms with van der Waals surface area (Å²) in [6.45, 7) is 2.94. The number of piperidine rings is 1. The number of likely N-dealkylation sites (tertiary alicyclic amines) is 1. The highest BCUT2D eigenvalue weighted by Crippen LogP contribution is 2.26. The summed E-state index contributed by atoms with van der Waals surface area (Å²) in [5, 5.41) is 13.3. The van der Waals surface area contributed by atoms with E-state index in [0.29, 0.717) is 42.9 Å². The molecule has 2 aromatic carbocycles. The summed E-state index contributed by atoms with van der Waals surface area (Å²) in [6, 6.07) is 10.5. The number of ether oxygens (including phenoxy) is 2. The minimum Gasteiger partial charge on any atom is -0.495 e. The molecule has 1 aliphatic heterocycles. The van der Waals surface area contributed by atoms with E-state index in [1.807, 2.05) is 18.0 Å². The van der Waals surface area contributed by atoms with Crippen LogP contribution in [-0.4, -0.2) is 64.2 Å². The highest BCUT2D eigenvalue weighted by molar-refractivity contribution is 5.95. The quantitative estimate of drug-likeness (QED) is 0.513. The first-order valence-electron chi connectivity index (χ1n) is 11.3. The second kappa shape index (κ2) is 10.6. The van der Waals surface area contributed by atoms with Crippen molar-refractivity contribution >= 4 is 5.91 Å². The van der Waals surface area contributed by atoms with E-state index in [4.69, 9.17) is 4.74 Å². The second-order valence-electron chi connectivity index (χ2n) is 8.76. The SMILES string of the molecule is COc1cc(C(=O)NC2CC(O)CN(Cc3cccc(OC(F)(F)F)c3)C2)ccc1-n1cnc(C)c1. The fourth-order valence-corrected chi connectivity index (χ4v) is 4.35. The van der Waals surface area contributed by atoms with Crippen molar-refractivity contribution in [3.05, 3.63) is 71.8 Å². The average molecular weight is 505 g/mol. The summed E-state index contributed by atoms with van der Waals surface area (Å²) in [6.07, 6.45) is -1.59.